The number of amides is 1. The number of ether oxygens (including phenoxy) is 1. The molecule has 0 saturated carbocycles. The van der Waals surface area contributed by atoms with Crippen molar-refractivity contribution in [2.75, 3.05) is 7.11 Å². The van der Waals surface area contributed by atoms with Crippen molar-refractivity contribution < 1.29 is 22.7 Å². The van der Waals surface area contributed by atoms with Gasteiger partial charge in [0, 0.05) is 6.54 Å². The molecule has 1 aromatic heterocycles. The van der Waals surface area contributed by atoms with E-state index in [2.05, 4.69) is 0 Å². The molecule has 0 fully saturated rings. The largest absolute Gasteiger partial charge is 0.497 e. The Hall–Kier alpha value is -4.00. The predicted octanol–water partition coefficient (Wildman–Crippen LogP) is 4.83. The van der Waals surface area contributed by atoms with E-state index in [1.165, 1.54) is 29.2 Å². The molecule has 32 heavy (non-hydrogen) atoms. The Labute approximate surface area is 181 Å². The standard InChI is InChI=1S/C25H17F2NO4/c1-31-18-9-4-15(5-10-18)22-21-23(29)19-12-17(27)8-11-20(19)32-24(21)25(30)28(22)13-14-2-6-16(26)7-3-14/h2-12,22H,13H2,1H3. The van der Waals surface area contributed by atoms with Gasteiger partial charge in [-0.3, -0.25) is 9.59 Å². The molecule has 1 aliphatic heterocycles. The van der Waals surface area contributed by atoms with Gasteiger partial charge in [0.25, 0.3) is 5.91 Å². The Bertz CT molecular complexity index is 1390. The summed E-state index contributed by atoms with van der Waals surface area (Å²) in [6.07, 6.45) is 0. The van der Waals surface area contributed by atoms with E-state index in [-0.39, 0.29) is 34.7 Å². The van der Waals surface area contributed by atoms with Crippen molar-refractivity contribution in [1.82, 2.24) is 4.90 Å². The fraction of sp³-hybridized carbons (Fsp3) is 0.120. The van der Waals surface area contributed by atoms with E-state index in [1.54, 1.807) is 43.5 Å². The smallest absolute Gasteiger partial charge is 0.291 e. The molecule has 1 atom stereocenters. The highest BCUT2D eigenvalue weighted by Gasteiger charge is 2.42. The van der Waals surface area contributed by atoms with Gasteiger partial charge in [0.1, 0.15) is 23.0 Å². The van der Waals surface area contributed by atoms with Crippen LogP contribution in [0.2, 0.25) is 0 Å². The second-order valence-electron chi connectivity index (χ2n) is 7.55. The molecule has 0 radical (unpaired) electrons. The third-order valence-corrected chi connectivity index (χ3v) is 5.63. The topological polar surface area (TPSA) is 59.8 Å². The van der Waals surface area contributed by atoms with Gasteiger partial charge in [-0.2, -0.15) is 0 Å². The summed E-state index contributed by atoms with van der Waals surface area (Å²) in [4.78, 5) is 28.2. The molecule has 0 aliphatic carbocycles. The van der Waals surface area contributed by atoms with Crippen molar-refractivity contribution in [3.8, 4) is 5.75 Å². The van der Waals surface area contributed by atoms with Crippen LogP contribution in [0.3, 0.4) is 0 Å². The van der Waals surface area contributed by atoms with Crippen molar-refractivity contribution in [3.63, 3.8) is 0 Å². The van der Waals surface area contributed by atoms with Crippen LogP contribution in [0.5, 0.6) is 5.75 Å². The summed E-state index contributed by atoms with van der Waals surface area (Å²) >= 11 is 0. The molecule has 5 rings (SSSR count). The lowest BCUT2D eigenvalue weighted by molar-refractivity contribution is 0.0714. The number of hydrogen-bond acceptors (Lipinski definition) is 4. The predicted molar refractivity (Wildman–Crippen MR) is 114 cm³/mol. The summed E-state index contributed by atoms with van der Waals surface area (Å²) in [5.41, 5.74) is 1.19. The van der Waals surface area contributed by atoms with E-state index in [4.69, 9.17) is 9.15 Å². The maximum Gasteiger partial charge on any atom is 0.291 e. The molecule has 0 N–H and O–H groups in total. The highest BCUT2D eigenvalue weighted by molar-refractivity contribution is 5.99. The number of methoxy groups -OCH3 is 1. The van der Waals surface area contributed by atoms with E-state index >= 15 is 0 Å². The van der Waals surface area contributed by atoms with E-state index in [9.17, 15) is 18.4 Å². The summed E-state index contributed by atoms with van der Waals surface area (Å²) in [5, 5.41) is 0.0682. The average molecular weight is 433 g/mol. The fourth-order valence-electron chi connectivity index (χ4n) is 4.07. The van der Waals surface area contributed by atoms with E-state index < -0.39 is 23.2 Å². The van der Waals surface area contributed by atoms with Gasteiger partial charge in [-0.15, -0.1) is 0 Å². The molecule has 4 aromatic rings. The Morgan fingerprint density at radius 3 is 2.31 bits per heavy atom. The van der Waals surface area contributed by atoms with E-state index in [0.717, 1.165) is 6.07 Å². The lowest BCUT2D eigenvalue weighted by atomic mass is 9.98. The minimum absolute atomic E-state index is 0.0682. The lowest BCUT2D eigenvalue weighted by Gasteiger charge is -2.25. The van der Waals surface area contributed by atoms with Gasteiger partial charge in [0.05, 0.1) is 24.1 Å². The molecule has 5 nitrogen and oxygen atoms in total. The van der Waals surface area contributed by atoms with Crippen molar-refractivity contribution in [2.24, 2.45) is 0 Å². The molecule has 7 heteroatoms. The normalized spacial score (nSPS) is 15.3. The monoisotopic (exact) mass is 433 g/mol. The Morgan fingerprint density at radius 1 is 0.938 bits per heavy atom. The summed E-state index contributed by atoms with van der Waals surface area (Å²) in [5.74, 6) is -0.874. The number of carbonyl (C=O) groups is 1. The first kappa shape index (κ1) is 19.9. The summed E-state index contributed by atoms with van der Waals surface area (Å²) in [6, 6.07) is 15.6. The first-order valence-electron chi connectivity index (χ1n) is 9.92. The zero-order valence-electron chi connectivity index (χ0n) is 17.0. The van der Waals surface area contributed by atoms with Crippen LogP contribution in [0.15, 0.2) is 75.9 Å². The summed E-state index contributed by atoms with van der Waals surface area (Å²) < 4.78 is 38.2. The molecule has 2 heterocycles. The van der Waals surface area contributed by atoms with Crippen molar-refractivity contribution in [1.29, 1.82) is 0 Å². The van der Waals surface area contributed by atoms with Gasteiger partial charge < -0.3 is 14.1 Å². The Balaban J connectivity index is 1.70. The molecule has 0 bridgehead atoms. The van der Waals surface area contributed by atoms with Gasteiger partial charge in [-0.1, -0.05) is 24.3 Å². The molecule has 3 aromatic carbocycles. The number of halogens is 2. The van der Waals surface area contributed by atoms with Crippen LogP contribution in [0.25, 0.3) is 11.0 Å². The highest BCUT2D eigenvalue weighted by Crippen LogP contribution is 2.39. The zero-order chi connectivity index (χ0) is 22.4. The molecule has 1 amide bonds. The van der Waals surface area contributed by atoms with Gasteiger partial charge in [0.2, 0.25) is 5.76 Å². The Morgan fingerprint density at radius 2 is 1.62 bits per heavy atom. The van der Waals surface area contributed by atoms with Crippen LogP contribution in [0.4, 0.5) is 8.78 Å². The first-order valence-corrected chi connectivity index (χ1v) is 9.92. The fourth-order valence-corrected chi connectivity index (χ4v) is 4.07. The molecule has 1 unspecified atom stereocenters. The maximum absolute atomic E-state index is 13.8. The van der Waals surface area contributed by atoms with Crippen LogP contribution >= 0.6 is 0 Å². The van der Waals surface area contributed by atoms with Crippen LogP contribution < -0.4 is 10.2 Å². The first-order chi connectivity index (χ1) is 15.5. The average Bonchev–Trinajstić information content (AvgIpc) is 3.08. The third-order valence-electron chi connectivity index (χ3n) is 5.63. The minimum Gasteiger partial charge on any atom is -0.497 e. The van der Waals surface area contributed by atoms with Crippen molar-refractivity contribution in [2.45, 2.75) is 12.6 Å². The highest BCUT2D eigenvalue weighted by atomic mass is 19.1. The number of fused-ring (bicyclic) bond motifs is 2. The van der Waals surface area contributed by atoms with Gasteiger partial charge >= 0.3 is 0 Å². The Kier molecular flexibility index (Phi) is 4.74. The van der Waals surface area contributed by atoms with Crippen LogP contribution in [-0.4, -0.2) is 17.9 Å². The number of hydrogen-bond donors (Lipinski definition) is 0. The quantitative estimate of drug-likeness (QED) is 0.463. The second kappa shape index (κ2) is 7.60. The van der Waals surface area contributed by atoms with E-state index in [1.807, 2.05) is 0 Å². The van der Waals surface area contributed by atoms with Crippen LogP contribution in [0, 0.1) is 11.6 Å². The number of carbonyl (C=O) groups excluding carboxylic acids is 1. The van der Waals surface area contributed by atoms with E-state index in [0.29, 0.717) is 16.9 Å². The molecular weight excluding hydrogens is 416 g/mol. The summed E-state index contributed by atoms with van der Waals surface area (Å²) in [7, 11) is 1.54. The van der Waals surface area contributed by atoms with Gasteiger partial charge in [0.15, 0.2) is 5.43 Å². The molecular formula is C25H17F2NO4. The molecule has 0 spiro atoms. The lowest BCUT2D eigenvalue weighted by Crippen LogP contribution is -2.29. The molecule has 0 saturated heterocycles. The van der Waals surface area contributed by atoms with Crippen LogP contribution in [0.1, 0.15) is 33.3 Å². The molecule has 160 valence electrons. The van der Waals surface area contributed by atoms with Crippen molar-refractivity contribution in [3.05, 3.63) is 111 Å². The van der Waals surface area contributed by atoms with Gasteiger partial charge in [-0.05, 0) is 53.6 Å². The van der Waals surface area contributed by atoms with Crippen molar-refractivity contribution >= 4 is 16.9 Å². The maximum atomic E-state index is 13.8. The number of rotatable bonds is 4. The minimum atomic E-state index is -0.752. The number of benzene rings is 3. The van der Waals surface area contributed by atoms with Crippen LogP contribution in [-0.2, 0) is 6.54 Å². The molecule has 1 aliphatic rings. The number of nitrogens with zero attached hydrogens (tertiary/aromatic N) is 1. The van der Waals surface area contributed by atoms with Gasteiger partial charge in [-0.25, -0.2) is 8.78 Å². The SMILES string of the molecule is COc1ccc(C2c3c(oc4ccc(F)cc4c3=O)C(=O)N2Cc2ccc(F)cc2)cc1. The summed E-state index contributed by atoms with van der Waals surface area (Å²) in [6.45, 7) is 0.129. The third kappa shape index (κ3) is 3.22. The zero-order valence-corrected chi connectivity index (χ0v) is 17.0. The second-order valence-corrected chi connectivity index (χ2v) is 7.55.